The number of carbonyl (C=O) groups is 1. The van der Waals surface area contributed by atoms with Crippen molar-refractivity contribution in [2.75, 3.05) is 6.54 Å². The van der Waals surface area contributed by atoms with E-state index in [4.69, 9.17) is 23.2 Å². The molecular formula is C33H30Cl2N2O3. The van der Waals surface area contributed by atoms with Crippen molar-refractivity contribution in [3.8, 4) is 0 Å². The summed E-state index contributed by atoms with van der Waals surface area (Å²) in [6, 6.07) is 29.3. The summed E-state index contributed by atoms with van der Waals surface area (Å²) in [5, 5.41) is 27.4. The predicted octanol–water partition coefficient (Wildman–Crippen LogP) is 6.08. The fourth-order valence-corrected chi connectivity index (χ4v) is 6.86. The van der Waals surface area contributed by atoms with Crippen LogP contribution in [0.1, 0.15) is 56.2 Å². The van der Waals surface area contributed by atoms with Gasteiger partial charge in [0.1, 0.15) is 6.23 Å². The maximum absolute atomic E-state index is 14.3. The highest BCUT2D eigenvalue weighted by atomic mass is 35.5. The summed E-state index contributed by atoms with van der Waals surface area (Å²) in [5.41, 5.74) is 4.98. The van der Waals surface area contributed by atoms with E-state index in [0.717, 1.165) is 28.7 Å². The molecule has 0 saturated carbocycles. The van der Waals surface area contributed by atoms with E-state index in [1.54, 1.807) is 23.1 Å². The number of halogens is 2. The monoisotopic (exact) mass is 572 g/mol. The minimum atomic E-state index is -1.01. The molecule has 1 aliphatic carbocycles. The molecule has 204 valence electrons. The number of nitrogens with one attached hydrogen (secondary N) is 1. The van der Waals surface area contributed by atoms with Crippen LogP contribution >= 0.6 is 23.2 Å². The summed E-state index contributed by atoms with van der Waals surface area (Å²) < 4.78 is 0. The number of aliphatic hydroxyl groups is 2. The van der Waals surface area contributed by atoms with Gasteiger partial charge in [0.05, 0.1) is 18.2 Å². The van der Waals surface area contributed by atoms with Crippen LogP contribution in [0.3, 0.4) is 0 Å². The van der Waals surface area contributed by atoms with Gasteiger partial charge in [-0.2, -0.15) is 0 Å². The van der Waals surface area contributed by atoms with Crippen LogP contribution in [0.25, 0.3) is 0 Å². The smallest absolute Gasteiger partial charge is 0.255 e. The van der Waals surface area contributed by atoms with Gasteiger partial charge in [0, 0.05) is 34.5 Å². The number of carbonyl (C=O) groups excluding carboxylic acids is 1. The summed E-state index contributed by atoms with van der Waals surface area (Å²) in [5.74, 6) is -0.775. The number of hydrogen-bond donors (Lipinski definition) is 3. The average molecular weight is 574 g/mol. The Hall–Kier alpha value is -3.19. The lowest BCUT2D eigenvalue weighted by molar-refractivity contribution is -0.00535. The van der Waals surface area contributed by atoms with Crippen molar-refractivity contribution in [1.29, 1.82) is 0 Å². The molecule has 0 aromatic heterocycles. The van der Waals surface area contributed by atoms with E-state index in [1.807, 2.05) is 66.7 Å². The molecule has 5 atom stereocenters. The quantitative estimate of drug-likeness (QED) is 0.234. The number of nitrogens with zero attached hydrogens (tertiary/aromatic N) is 1. The molecule has 0 fully saturated rings. The summed E-state index contributed by atoms with van der Waals surface area (Å²) in [4.78, 5) is 16.1. The zero-order valence-corrected chi connectivity index (χ0v) is 23.3. The Morgan fingerprint density at radius 3 is 2.33 bits per heavy atom. The summed E-state index contributed by atoms with van der Waals surface area (Å²) in [6.45, 7) is 0.535. The van der Waals surface area contributed by atoms with Crippen molar-refractivity contribution in [3.05, 3.63) is 140 Å². The molecule has 3 N–H and O–H groups in total. The van der Waals surface area contributed by atoms with Gasteiger partial charge >= 0.3 is 0 Å². The van der Waals surface area contributed by atoms with E-state index in [0.29, 0.717) is 34.1 Å². The minimum absolute atomic E-state index is 0.208. The van der Waals surface area contributed by atoms with Crippen molar-refractivity contribution in [1.82, 2.24) is 10.2 Å². The summed E-state index contributed by atoms with van der Waals surface area (Å²) in [7, 11) is 0. The molecule has 40 heavy (non-hydrogen) atoms. The largest absolute Gasteiger partial charge is 0.390 e. The van der Waals surface area contributed by atoms with Crippen molar-refractivity contribution >= 4 is 29.1 Å². The van der Waals surface area contributed by atoms with E-state index in [2.05, 4.69) is 17.4 Å². The normalized spacial score (nSPS) is 22.6. The molecule has 1 amide bonds. The highest BCUT2D eigenvalue weighted by molar-refractivity contribution is 6.35. The van der Waals surface area contributed by atoms with Crippen LogP contribution in [-0.2, 0) is 12.8 Å². The Bertz CT molecular complexity index is 1530. The number of rotatable bonds is 7. The molecule has 2 aliphatic rings. The molecule has 0 bridgehead atoms. The SMILES string of the molecule is O=C1c2ccccc2C(C(O)NCCc2ccccc2)C(c2ccc(Cl)cc2Cl)N1[C@@H]1c2ccccc2C[C@@H]1O. The Balaban J connectivity index is 1.47. The fraction of sp³-hybridized carbons (Fsp3) is 0.242. The topological polar surface area (TPSA) is 72.8 Å². The molecule has 5 nitrogen and oxygen atoms in total. The van der Waals surface area contributed by atoms with Crippen LogP contribution in [0, 0.1) is 0 Å². The maximum Gasteiger partial charge on any atom is 0.255 e. The summed E-state index contributed by atoms with van der Waals surface area (Å²) >= 11 is 13.1. The van der Waals surface area contributed by atoms with Gasteiger partial charge in [-0.1, -0.05) is 102 Å². The third kappa shape index (κ3) is 4.93. The highest BCUT2D eigenvalue weighted by Crippen LogP contribution is 2.51. The van der Waals surface area contributed by atoms with Gasteiger partial charge in [-0.05, 0) is 52.4 Å². The van der Waals surface area contributed by atoms with Gasteiger partial charge in [0.2, 0.25) is 0 Å². The Kier molecular flexibility index (Phi) is 7.67. The highest BCUT2D eigenvalue weighted by Gasteiger charge is 2.50. The lowest BCUT2D eigenvalue weighted by Crippen LogP contribution is -2.52. The first-order valence-electron chi connectivity index (χ1n) is 13.5. The molecule has 1 aliphatic heterocycles. The van der Waals surface area contributed by atoms with Crippen molar-refractivity contribution in [3.63, 3.8) is 0 Å². The zero-order chi connectivity index (χ0) is 27.8. The van der Waals surface area contributed by atoms with E-state index in [-0.39, 0.29) is 5.91 Å². The lowest BCUT2D eigenvalue weighted by atomic mass is 9.77. The van der Waals surface area contributed by atoms with Gasteiger partial charge in [0.25, 0.3) is 5.91 Å². The Labute approximate surface area is 244 Å². The van der Waals surface area contributed by atoms with E-state index in [1.165, 1.54) is 0 Å². The van der Waals surface area contributed by atoms with Crippen molar-refractivity contribution < 1.29 is 15.0 Å². The number of benzene rings is 4. The lowest BCUT2D eigenvalue weighted by Gasteiger charge is -2.48. The number of hydrogen-bond acceptors (Lipinski definition) is 4. The van der Waals surface area contributed by atoms with Gasteiger partial charge in [-0.15, -0.1) is 0 Å². The molecule has 3 unspecified atom stereocenters. The molecule has 4 aromatic rings. The molecule has 0 saturated heterocycles. The van der Waals surface area contributed by atoms with Crippen LogP contribution in [0.5, 0.6) is 0 Å². The molecule has 1 heterocycles. The third-order valence-electron chi connectivity index (χ3n) is 8.12. The standard InChI is InChI=1S/C33H30Cl2N2O3/c34-22-14-15-26(27(35)19-22)31-29(32(39)36-17-16-20-8-2-1-3-9-20)24-12-6-7-13-25(24)33(40)37(31)30-23-11-5-4-10-21(23)18-28(30)38/h1-15,19,28-32,36,38-39H,16-18H2/t28-,29?,30+,31?,32?/m0/s1. The van der Waals surface area contributed by atoms with Crippen molar-refractivity contribution in [2.24, 2.45) is 0 Å². The van der Waals surface area contributed by atoms with Crippen LogP contribution in [0.2, 0.25) is 10.0 Å². The van der Waals surface area contributed by atoms with E-state index < -0.39 is 30.3 Å². The van der Waals surface area contributed by atoms with Crippen LogP contribution in [-0.4, -0.2) is 39.9 Å². The van der Waals surface area contributed by atoms with E-state index in [9.17, 15) is 15.0 Å². The molecule has 7 heteroatoms. The zero-order valence-electron chi connectivity index (χ0n) is 21.8. The number of amides is 1. The van der Waals surface area contributed by atoms with Crippen molar-refractivity contribution in [2.45, 2.75) is 43.2 Å². The number of fused-ring (bicyclic) bond motifs is 2. The molecule has 0 radical (unpaired) electrons. The Morgan fingerprint density at radius 2 is 1.55 bits per heavy atom. The third-order valence-corrected chi connectivity index (χ3v) is 8.69. The van der Waals surface area contributed by atoms with Gasteiger partial charge in [0.15, 0.2) is 0 Å². The molecular weight excluding hydrogens is 543 g/mol. The second-order valence-corrected chi connectivity index (χ2v) is 11.3. The van der Waals surface area contributed by atoms with Crippen LogP contribution < -0.4 is 5.32 Å². The van der Waals surface area contributed by atoms with E-state index >= 15 is 0 Å². The Morgan fingerprint density at radius 1 is 0.850 bits per heavy atom. The molecule has 6 rings (SSSR count). The minimum Gasteiger partial charge on any atom is -0.390 e. The fourth-order valence-electron chi connectivity index (χ4n) is 6.34. The predicted molar refractivity (Wildman–Crippen MR) is 158 cm³/mol. The van der Waals surface area contributed by atoms with Gasteiger partial charge in [-0.3, -0.25) is 10.1 Å². The second kappa shape index (κ2) is 11.4. The summed E-state index contributed by atoms with van der Waals surface area (Å²) in [6.07, 6.45) is -0.638. The van der Waals surface area contributed by atoms with Gasteiger partial charge < -0.3 is 15.1 Å². The van der Waals surface area contributed by atoms with Gasteiger partial charge in [-0.25, -0.2) is 0 Å². The van der Waals surface area contributed by atoms with Crippen LogP contribution in [0.4, 0.5) is 0 Å². The van der Waals surface area contributed by atoms with Crippen LogP contribution in [0.15, 0.2) is 97.1 Å². The first kappa shape index (κ1) is 27.0. The molecule has 4 aromatic carbocycles. The molecule has 0 spiro atoms. The first-order valence-corrected chi connectivity index (χ1v) is 14.3. The average Bonchev–Trinajstić information content (AvgIpc) is 3.29. The first-order chi connectivity index (χ1) is 19.4. The number of aliphatic hydroxyl groups excluding tert-OH is 2. The maximum atomic E-state index is 14.3. The second-order valence-electron chi connectivity index (χ2n) is 10.5.